The SMILES string of the molecule is C[Si]C.[Zr+2].c1ccc2c(-c3ccc(-c4cccc5ccccc45)c4[cH-]c(CC5CCCCCC5)cc34)cccc2c1.c1ccc2c(-c3ccc(-c4cccc5ccccc45)c4[cH-]c(CC5CCCCCC5)cc34)cccc2c1. The van der Waals surface area contributed by atoms with Crippen molar-refractivity contribution in [3.05, 3.63) is 230 Å². The summed E-state index contributed by atoms with van der Waals surface area (Å²) < 4.78 is 0. The normalized spacial score (nSPS) is 14.4. The molecule has 384 valence electrons. The summed E-state index contributed by atoms with van der Waals surface area (Å²) in [5.41, 5.74) is 13.8. The van der Waals surface area contributed by atoms with Gasteiger partial charge in [-0.05, 0) is 78.9 Å². The molecule has 0 spiro atoms. The summed E-state index contributed by atoms with van der Waals surface area (Å²) in [5, 5.41) is 16.1. The molecule has 2 fully saturated rings. The first kappa shape index (κ1) is 53.6. The van der Waals surface area contributed by atoms with E-state index in [9.17, 15) is 0 Å². The van der Waals surface area contributed by atoms with Crippen LogP contribution in [0.15, 0.2) is 218 Å². The van der Waals surface area contributed by atoms with Crippen molar-refractivity contribution >= 4 is 74.2 Å². The summed E-state index contributed by atoms with van der Waals surface area (Å²) >= 11 is 0. The average molecular weight is 1100 g/mol. The van der Waals surface area contributed by atoms with Crippen LogP contribution in [-0.2, 0) is 39.0 Å². The Morgan fingerprint density at radius 2 is 0.564 bits per heavy atom. The third-order valence-electron chi connectivity index (χ3n) is 17.2. The molecule has 0 unspecified atom stereocenters. The van der Waals surface area contributed by atoms with E-state index in [-0.39, 0.29) is 26.2 Å². The van der Waals surface area contributed by atoms with Crippen molar-refractivity contribution in [3.63, 3.8) is 0 Å². The zero-order chi connectivity index (χ0) is 51.9. The Hall–Kier alpha value is -6.44. The quantitative estimate of drug-likeness (QED) is 0.0808. The maximum Gasteiger partial charge on any atom is 2.00 e. The number of rotatable bonds is 8. The van der Waals surface area contributed by atoms with Gasteiger partial charge in [0.1, 0.15) is 0 Å². The molecule has 0 N–H and O–H groups in total. The first-order valence-electron chi connectivity index (χ1n) is 29.1. The number of hydrogen-bond acceptors (Lipinski definition) is 0. The van der Waals surface area contributed by atoms with E-state index < -0.39 is 0 Å². The van der Waals surface area contributed by atoms with Crippen LogP contribution in [0, 0.1) is 11.8 Å². The smallest absolute Gasteiger partial charge is 0.164 e. The van der Waals surface area contributed by atoms with E-state index in [2.05, 4.69) is 231 Å². The Morgan fingerprint density at radius 3 is 0.885 bits per heavy atom. The van der Waals surface area contributed by atoms with Crippen LogP contribution in [0.2, 0.25) is 13.1 Å². The van der Waals surface area contributed by atoms with Crippen LogP contribution in [-0.4, -0.2) is 9.52 Å². The summed E-state index contributed by atoms with van der Waals surface area (Å²) in [6, 6.07) is 81.7. The Bertz CT molecular complexity index is 3450. The molecule has 0 nitrogen and oxygen atoms in total. The van der Waals surface area contributed by atoms with Gasteiger partial charge in [0.05, 0.1) is 0 Å². The maximum atomic E-state index is 2.52. The average Bonchev–Trinajstić information content (AvgIpc) is 3.94. The molecule has 12 aromatic rings. The van der Waals surface area contributed by atoms with Crippen molar-refractivity contribution in [2.24, 2.45) is 11.8 Å². The second-order valence-electron chi connectivity index (χ2n) is 22.4. The first-order valence-corrected chi connectivity index (χ1v) is 31.1. The van der Waals surface area contributed by atoms with E-state index in [1.807, 2.05) is 0 Å². The van der Waals surface area contributed by atoms with Gasteiger partial charge in [0.15, 0.2) is 0 Å². The maximum absolute atomic E-state index is 2.52. The molecule has 2 aliphatic rings. The van der Waals surface area contributed by atoms with E-state index in [1.54, 1.807) is 0 Å². The molecule has 0 amide bonds. The largest absolute Gasteiger partial charge is 2.00 e. The van der Waals surface area contributed by atoms with Crippen LogP contribution in [0.1, 0.15) is 88.2 Å². The van der Waals surface area contributed by atoms with Crippen molar-refractivity contribution < 1.29 is 26.2 Å². The van der Waals surface area contributed by atoms with Gasteiger partial charge in [-0.1, -0.05) is 318 Å². The van der Waals surface area contributed by atoms with Crippen LogP contribution in [0.25, 0.3) is 109 Å². The molecule has 0 atom stereocenters. The van der Waals surface area contributed by atoms with Gasteiger partial charge in [-0.3, -0.25) is 0 Å². The van der Waals surface area contributed by atoms with Crippen molar-refractivity contribution in [1.82, 2.24) is 0 Å². The molecule has 0 heterocycles. The van der Waals surface area contributed by atoms with Crippen LogP contribution in [0.4, 0.5) is 0 Å². The summed E-state index contributed by atoms with van der Waals surface area (Å²) in [6.07, 6.45) is 19.2. The molecule has 12 aromatic carbocycles. The Labute approximate surface area is 485 Å². The minimum Gasteiger partial charge on any atom is -0.164 e. The zero-order valence-electron chi connectivity index (χ0n) is 45.8. The molecule has 2 radical (unpaired) electrons. The van der Waals surface area contributed by atoms with Gasteiger partial charge in [0.2, 0.25) is 0 Å². The van der Waals surface area contributed by atoms with Crippen molar-refractivity contribution in [1.29, 1.82) is 0 Å². The number of hydrogen-bond donors (Lipinski definition) is 0. The van der Waals surface area contributed by atoms with E-state index in [0.717, 1.165) is 21.4 Å². The molecule has 0 aromatic heterocycles. The number of benzene rings is 10. The van der Waals surface area contributed by atoms with Gasteiger partial charge in [-0.25, -0.2) is 0 Å². The van der Waals surface area contributed by atoms with E-state index in [4.69, 9.17) is 0 Å². The van der Waals surface area contributed by atoms with Gasteiger partial charge in [-0.15, -0.1) is 44.8 Å². The molecule has 2 heteroatoms. The zero-order valence-corrected chi connectivity index (χ0v) is 49.3. The molecule has 0 saturated heterocycles. The van der Waals surface area contributed by atoms with Gasteiger partial charge in [0.25, 0.3) is 0 Å². The summed E-state index contributed by atoms with van der Waals surface area (Å²) in [4.78, 5) is 0. The van der Waals surface area contributed by atoms with Crippen LogP contribution >= 0.6 is 0 Å². The third-order valence-corrected chi connectivity index (χ3v) is 17.2. The first-order chi connectivity index (χ1) is 38.1. The van der Waals surface area contributed by atoms with E-state index in [0.29, 0.717) is 0 Å². The number of fused-ring (bicyclic) bond motifs is 6. The molecule has 78 heavy (non-hydrogen) atoms. The van der Waals surface area contributed by atoms with Gasteiger partial charge in [-0.2, -0.15) is 12.1 Å². The topological polar surface area (TPSA) is 0 Å². The fourth-order valence-electron chi connectivity index (χ4n) is 13.5. The molecular weight excluding hydrogens is 1030 g/mol. The minimum absolute atomic E-state index is 0. The Balaban J connectivity index is 0.000000156. The fourth-order valence-corrected chi connectivity index (χ4v) is 13.5. The van der Waals surface area contributed by atoms with Crippen molar-refractivity contribution in [3.8, 4) is 44.5 Å². The van der Waals surface area contributed by atoms with Crippen LogP contribution < -0.4 is 0 Å². The predicted octanol–water partition coefficient (Wildman–Crippen LogP) is 22.2. The van der Waals surface area contributed by atoms with Gasteiger partial charge >= 0.3 is 26.2 Å². The van der Waals surface area contributed by atoms with E-state index >= 15 is 0 Å². The fraction of sp³-hybridized carbons (Fsp3) is 0.237. The Kier molecular flexibility index (Phi) is 17.3. The Morgan fingerprint density at radius 1 is 0.308 bits per heavy atom. The van der Waals surface area contributed by atoms with Crippen LogP contribution in [0.5, 0.6) is 0 Å². The summed E-state index contributed by atoms with van der Waals surface area (Å²) in [7, 11) is 1.08. The molecule has 2 aliphatic carbocycles. The monoisotopic (exact) mass is 1100 g/mol. The standard InChI is InChI=1S/2C37H33.C2H6Si.Zr/c2*1-2-4-12-26(11-3-1)23-27-24-36-34(32-19-9-15-28-13-5-7-17-30(28)32)21-22-35(37(36)25-27)33-20-10-16-29-14-6-8-18-31(29)33;1-3-2;/h2*5-10,13-22,24-26H,1-4,11-12,23H2;1-2H3;/q2*-1;;+2. The van der Waals surface area contributed by atoms with Crippen LogP contribution in [0.3, 0.4) is 0 Å². The third kappa shape index (κ3) is 11.4. The van der Waals surface area contributed by atoms with Gasteiger partial charge < -0.3 is 0 Å². The summed E-state index contributed by atoms with van der Waals surface area (Å²) in [6.45, 7) is 4.31. The second-order valence-corrected chi connectivity index (χ2v) is 23.4. The predicted molar refractivity (Wildman–Crippen MR) is 338 cm³/mol. The van der Waals surface area contributed by atoms with E-state index in [1.165, 1.54) is 210 Å². The second kappa shape index (κ2) is 25.1. The molecule has 2 saturated carbocycles. The summed E-state index contributed by atoms with van der Waals surface area (Å²) in [5.74, 6) is 1.64. The minimum atomic E-state index is 0. The molecular formula is C76H72SiZr. The van der Waals surface area contributed by atoms with Crippen molar-refractivity contribution in [2.45, 2.75) is 103 Å². The molecule has 0 bridgehead atoms. The molecule has 0 aliphatic heterocycles. The molecule has 14 rings (SSSR count). The van der Waals surface area contributed by atoms with Crippen molar-refractivity contribution in [2.75, 3.05) is 0 Å². The van der Waals surface area contributed by atoms with Gasteiger partial charge in [0, 0.05) is 9.52 Å².